The number of rotatable bonds is 3. The normalized spacial score (nSPS) is 12.3. The Balaban J connectivity index is 1.87. The van der Waals surface area contributed by atoms with Gasteiger partial charge in [-0.3, -0.25) is 0 Å². The van der Waals surface area contributed by atoms with E-state index < -0.39 is 6.10 Å². The summed E-state index contributed by atoms with van der Waals surface area (Å²) in [5.41, 5.74) is 1.98. The van der Waals surface area contributed by atoms with Crippen LogP contribution in [0.25, 0.3) is 5.69 Å². The maximum absolute atomic E-state index is 12.9. The number of halogens is 2. The summed E-state index contributed by atoms with van der Waals surface area (Å²) >= 11 is 5.85. The Morgan fingerprint density at radius 3 is 2.38 bits per heavy atom. The van der Waals surface area contributed by atoms with Crippen molar-refractivity contribution >= 4 is 11.6 Å². The summed E-state index contributed by atoms with van der Waals surface area (Å²) in [6.45, 7) is 0. The third kappa shape index (κ3) is 2.96. The Morgan fingerprint density at radius 1 is 1.05 bits per heavy atom. The van der Waals surface area contributed by atoms with Crippen molar-refractivity contribution in [3.05, 3.63) is 83.2 Å². The Kier molecular flexibility index (Phi) is 3.73. The SMILES string of the molecule is OC(c1ccc(F)cc1)c1cn(-c2ccc(Cl)cc2)cn1. The zero-order valence-corrected chi connectivity index (χ0v) is 11.7. The number of benzene rings is 2. The first-order valence-corrected chi connectivity index (χ1v) is 6.74. The fourth-order valence-electron chi connectivity index (χ4n) is 2.05. The van der Waals surface area contributed by atoms with Gasteiger partial charge < -0.3 is 9.67 Å². The van der Waals surface area contributed by atoms with E-state index in [4.69, 9.17) is 11.6 Å². The van der Waals surface area contributed by atoms with Crippen LogP contribution in [0.1, 0.15) is 17.4 Å². The number of imidazole rings is 1. The highest BCUT2D eigenvalue weighted by Gasteiger charge is 2.13. The summed E-state index contributed by atoms with van der Waals surface area (Å²) in [6, 6.07) is 13.0. The van der Waals surface area contributed by atoms with E-state index in [-0.39, 0.29) is 5.82 Å². The highest BCUT2D eigenvalue weighted by Crippen LogP contribution is 2.22. The van der Waals surface area contributed by atoms with Gasteiger partial charge in [-0.25, -0.2) is 9.37 Å². The van der Waals surface area contributed by atoms with Crippen molar-refractivity contribution in [2.24, 2.45) is 0 Å². The average Bonchev–Trinajstić information content (AvgIpc) is 2.98. The lowest BCUT2D eigenvalue weighted by molar-refractivity contribution is 0.215. The number of aromatic nitrogens is 2. The van der Waals surface area contributed by atoms with Crippen molar-refractivity contribution < 1.29 is 9.50 Å². The Bertz CT molecular complexity index is 738. The predicted octanol–water partition coefficient (Wildman–Crippen LogP) is 3.75. The van der Waals surface area contributed by atoms with Gasteiger partial charge in [-0.2, -0.15) is 0 Å². The average molecular weight is 303 g/mol. The van der Waals surface area contributed by atoms with Crippen LogP contribution in [0, 0.1) is 5.82 Å². The molecule has 0 saturated heterocycles. The topological polar surface area (TPSA) is 38.0 Å². The molecule has 1 unspecified atom stereocenters. The minimum atomic E-state index is -0.890. The van der Waals surface area contributed by atoms with Gasteiger partial charge in [0.15, 0.2) is 0 Å². The smallest absolute Gasteiger partial charge is 0.123 e. The molecule has 0 bridgehead atoms. The first-order chi connectivity index (χ1) is 10.1. The number of hydrogen-bond acceptors (Lipinski definition) is 2. The third-order valence-electron chi connectivity index (χ3n) is 3.19. The van der Waals surface area contributed by atoms with Crippen LogP contribution in [0.5, 0.6) is 0 Å². The summed E-state index contributed by atoms with van der Waals surface area (Å²) in [6.07, 6.45) is 2.46. The van der Waals surface area contributed by atoms with E-state index in [1.54, 1.807) is 41.4 Å². The van der Waals surface area contributed by atoms with Gasteiger partial charge >= 0.3 is 0 Å². The molecule has 0 aliphatic carbocycles. The van der Waals surface area contributed by atoms with E-state index in [1.807, 2.05) is 12.1 Å². The molecule has 21 heavy (non-hydrogen) atoms. The summed E-state index contributed by atoms with van der Waals surface area (Å²) in [4.78, 5) is 4.20. The lowest BCUT2D eigenvalue weighted by Crippen LogP contribution is -2.00. The standard InChI is InChI=1S/C16H12ClFN2O/c17-12-3-7-14(8-4-12)20-9-15(19-10-20)16(21)11-1-5-13(18)6-2-11/h1-10,16,21H. The van der Waals surface area contributed by atoms with Gasteiger partial charge in [0, 0.05) is 16.9 Å². The van der Waals surface area contributed by atoms with Gasteiger partial charge in [-0.1, -0.05) is 23.7 Å². The zero-order chi connectivity index (χ0) is 14.8. The van der Waals surface area contributed by atoms with E-state index >= 15 is 0 Å². The van der Waals surface area contributed by atoms with Gasteiger partial charge in [0.1, 0.15) is 11.9 Å². The Labute approximate surface area is 126 Å². The predicted molar refractivity (Wildman–Crippen MR) is 79.0 cm³/mol. The minimum absolute atomic E-state index is 0.336. The number of hydrogen-bond donors (Lipinski definition) is 1. The number of aliphatic hydroxyl groups is 1. The maximum Gasteiger partial charge on any atom is 0.123 e. The second-order valence-corrected chi connectivity index (χ2v) is 5.07. The largest absolute Gasteiger partial charge is 0.382 e. The van der Waals surface area contributed by atoms with Crippen LogP contribution >= 0.6 is 11.6 Å². The molecule has 0 aliphatic rings. The molecule has 0 fully saturated rings. The van der Waals surface area contributed by atoms with Crippen molar-refractivity contribution in [2.75, 3.05) is 0 Å². The van der Waals surface area contributed by atoms with Crippen molar-refractivity contribution in [1.82, 2.24) is 9.55 Å². The summed E-state index contributed by atoms with van der Waals surface area (Å²) in [5, 5.41) is 10.9. The molecular formula is C16H12ClFN2O. The first-order valence-electron chi connectivity index (χ1n) is 6.37. The van der Waals surface area contributed by atoms with Crippen molar-refractivity contribution in [1.29, 1.82) is 0 Å². The summed E-state index contributed by atoms with van der Waals surface area (Å²) < 4.78 is 14.7. The van der Waals surface area contributed by atoms with Crippen molar-refractivity contribution in [3.63, 3.8) is 0 Å². The molecule has 5 heteroatoms. The zero-order valence-electron chi connectivity index (χ0n) is 10.9. The molecule has 2 aromatic carbocycles. The molecule has 3 rings (SSSR count). The van der Waals surface area contributed by atoms with Crippen LogP contribution in [0.15, 0.2) is 61.1 Å². The second kappa shape index (κ2) is 5.68. The molecule has 0 spiro atoms. The molecule has 0 aliphatic heterocycles. The molecule has 1 aromatic heterocycles. The van der Waals surface area contributed by atoms with E-state index in [9.17, 15) is 9.50 Å². The lowest BCUT2D eigenvalue weighted by atomic mass is 10.1. The molecule has 0 amide bonds. The van der Waals surface area contributed by atoms with Crippen molar-refractivity contribution in [2.45, 2.75) is 6.10 Å². The van der Waals surface area contributed by atoms with Gasteiger partial charge in [0.2, 0.25) is 0 Å². The van der Waals surface area contributed by atoms with Crippen molar-refractivity contribution in [3.8, 4) is 5.69 Å². The molecule has 1 atom stereocenters. The fourth-order valence-corrected chi connectivity index (χ4v) is 2.18. The van der Waals surface area contributed by atoms with Crippen LogP contribution in [-0.4, -0.2) is 14.7 Å². The number of aliphatic hydroxyl groups excluding tert-OH is 1. The fraction of sp³-hybridized carbons (Fsp3) is 0.0625. The molecule has 106 valence electrons. The molecule has 1 N–H and O–H groups in total. The molecule has 1 heterocycles. The minimum Gasteiger partial charge on any atom is -0.382 e. The molecular weight excluding hydrogens is 291 g/mol. The van der Waals surface area contributed by atoms with E-state index in [2.05, 4.69) is 4.98 Å². The van der Waals surface area contributed by atoms with Crippen LogP contribution in [0.3, 0.4) is 0 Å². The Hall–Kier alpha value is -2.17. The summed E-state index contributed by atoms with van der Waals surface area (Å²) in [7, 11) is 0. The molecule has 3 aromatic rings. The third-order valence-corrected chi connectivity index (χ3v) is 3.45. The molecule has 0 saturated carbocycles. The van der Waals surface area contributed by atoms with Crippen LogP contribution in [0.4, 0.5) is 4.39 Å². The van der Waals surface area contributed by atoms with E-state index in [0.717, 1.165) is 5.69 Å². The van der Waals surface area contributed by atoms with Gasteiger partial charge in [0.05, 0.1) is 12.0 Å². The Morgan fingerprint density at radius 2 is 1.71 bits per heavy atom. The van der Waals surface area contributed by atoms with Gasteiger partial charge in [0.25, 0.3) is 0 Å². The van der Waals surface area contributed by atoms with E-state index in [1.165, 1.54) is 12.1 Å². The molecule has 3 nitrogen and oxygen atoms in total. The lowest BCUT2D eigenvalue weighted by Gasteiger charge is -2.07. The number of nitrogens with zero attached hydrogens (tertiary/aromatic N) is 2. The first kappa shape index (κ1) is 13.8. The second-order valence-electron chi connectivity index (χ2n) is 4.64. The highest BCUT2D eigenvalue weighted by molar-refractivity contribution is 6.30. The maximum atomic E-state index is 12.9. The summed E-state index contributed by atoms with van der Waals surface area (Å²) in [5.74, 6) is -0.336. The van der Waals surface area contributed by atoms with Crippen LogP contribution < -0.4 is 0 Å². The van der Waals surface area contributed by atoms with E-state index in [0.29, 0.717) is 16.3 Å². The van der Waals surface area contributed by atoms with Gasteiger partial charge in [-0.05, 0) is 42.0 Å². The quantitative estimate of drug-likeness (QED) is 0.800. The monoisotopic (exact) mass is 302 g/mol. The van der Waals surface area contributed by atoms with Crippen LogP contribution in [0.2, 0.25) is 5.02 Å². The molecule has 0 radical (unpaired) electrons. The highest BCUT2D eigenvalue weighted by atomic mass is 35.5. The van der Waals surface area contributed by atoms with Crippen LogP contribution in [-0.2, 0) is 0 Å². The van der Waals surface area contributed by atoms with Gasteiger partial charge in [-0.15, -0.1) is 0 Å².